The van der Waals surface area contributed by atoms with Crippen LogP contribution in [0.15, 0.2) is 18.2 Å². The van der Waals surface area contributed by atoms with E-state index in [2.05, 4.69) is 27.2 Å². The van der Waals surface area contributed by atoms with Gasteiger partial charge in [-0.25, -0.2) is 27.9 Å². The number of rotatable bonds is 4. The Labute approximate surface area is 194 Å². The molecule has 1 aromatic heterocycles. The van der Waals surface area contributed by atoms with Gasteiger partial charge in [0.2, 0.25) is 5.28 Å². The highest BCUT2D eigenvalue weighted by Gasteiger charge is 2.45. The monoisotopic (exact) mass is 480 g/mol. The van der Waals surface area contributed by atoms with E-state index >= 15 is 0 Å². The van der Waals surface area contributed by atoms with E-state index < -0.39 is 23.8 Å². The van der Waals surface area contributed by atoms with Crippen LogP contribution >= 0.6 is 11.6 Å². The first kappa shape index (κ1) is 22.2. The molecule has 0 aliphatic carbocycles. The number of likely N-dealkylation sites (tertiary alicyclic amines) is 2. The molecule has 0 unspecified atom stereocenters. The number of aromatic nitrogens is 2. The molecule has 0 saturated carbocycles. The first-order valence-corrected chi connectivity index (χ1v) is 11.2. The number of fused-ring (bicyclic) bond motifs is 3. The smallest absolute Gasteiger partial charge is 0.321 e. The quantitative estimate of drug-likeness (QED) is 0.664. The average molecular weight is 481 g/mol. The van der Waals surface area contributed by atoms with Crippen molar-refractivity contribution >= 4 is 23.4 Å². The number of hydrogen-bond acceptors (Lipinski definition) is 5. The van der Waals surface area contributed by atoms with Crippen LogP contribution < -0.4 is 5.32 Å². The van der Waals surface area contributed by atoms with Gasteiger partial charge in [-0.15, -0.1) is 0 Å². The number of likely N-dealkylation sites (N-methyl/N-ethyl adjacent to an activating group) is 1. The maximum Gasteiger partial charge on any atom is 0.321 e. The van der Waals surface area contributed by atoms with Crippen LogP contribution in [0.4, 0.5) is 23.8 Å². The van der Waals surface area contributed by atoms with Crippen molar-refractivity contribution in [2.75, 3.05) is 25.5 Å². The third-order valence-electron chi connectivity index (χ3n) is 6.90. The second-order valence-electron chi connectivity index (χ2n) is 8.96. The Morgan fingerprint density at radius 2 is 1.94 bits per heavy atom. The summed E-state index contributed by atoms with van der Waals surface area (Å²) in [6.07, 6.45) is -1.92. The minimum absolute atomic E-state index is 0.00130. The molecule has 2 saturated heterocycles. The largest absolute Gasteiger partial charge is 0.363 e. The number of alkyl halides is 2. The molecular formula is C22H24ClF3N6O. The van der Waals surface area contributed by atoms with Crippen molar-refractivity contribution < 1.29 is 18.0 Å². The predicted molar refractivity (Wildman–Crippen MR) is 117 cm³/mol. The van der Waals surface area contributed by atoms with Gasteiger partial charge in [0.1, 0.15) is 11.6 Å². The summed E-state index contributed by atoms with van der Waals surface area (Å²) in [4.78, 5) is 27.7. The number of carbonyl (C=O) groups is 1. The third-order valence-corrected chi connectivity index (χ3v) is 7.07. The Morgan fingerprint density at radius 1 is 1.18 bits per heavy atom. The zero-order valence-electron chi connectivity index (χ0n) is 18.2. The van der Waals surface area contributed by atoms with Gasteiger partial charge in [0.05, 0.1) is 30.4 Å². The molecular weight excluding hydrogens is 457 g/mol. The molecule has 5 rings (SSSR count). The van der Waals surface area contributed by atoms with Gasteiger partial charge in [-0.1, -0.05) is 18.2 Å². The van der Waals surface area contributed by atoms with Gasteiger partial charge in [-0.2, -0.15) is 0 Å². The number of anilines is 1. The van der Waals surface area contributed by atoms with Gasteiger partial charge in [0, 0.05) is 36.3 Å². The topological polar surface area (TPSA) is 64.6 Å². The van der Waals surface area contributed by atoms with Gasteiger partial charge in [0.25, 0.3) is 6.43 Å². The van der Waals surface area contributed by atoms with Crippen LogP contribution in [0.2, 0.25) is 5.28 Å². The van der Waals surface area contributed by atoms with Crippen molar-refractivity contribution in [2.24, 2.45) is 0 Å². The summed E-state index contributed by atoms with van der Waals surface area (Å²) < 4.78 is 40.9. The van der Waals surface area contributed by atoms with Gasteiger partial charge >= 0.3 is 6.03 Å². The van der Waals surface area contributed by atoms with Crippen molar-refractivity contribution in [3.63, 3.8) is 0 Å². The molecule has 3 aliphatic rings. The van der Waals surface area contributed by atoms with E-state index in [1.165, 1.54) is 12.1 Å². The molecule has 0 spiro atoms. The number of nitrogens with one attached hydrogen (secondary N) is 1. The molecule has 3 aliphatic heterocycles. The predicted octanol–water partition coefficient (Wildman–Crippen LogP) is 4.20. The Balaban J connectivity index is 1.35. The highest BCUT2D eigenvalue weighted by atomic mass is 35.5. The lowest BCUT2D eigenvalue weighted by Gasteiger charge is -2.34. The van der Waals surface area contributed by atoms with E-state index in [1.54, 1.807) is 11.8 Å². The summed E-state index contributed by atoms with van der Waals surface area (Å²) in [5.41, 5.74) is 0.779. The van der Waals surface area contributed by atoms with Gasteiger partial charge in [0.15, 0.2) is 0 Å². The molecule has 2 aromatic rings. The maximum absolute atomic E-state index is 14.6. The lowest BCUT2D eigenvalue weighted by atomic mass is 10.0. The lowest BCUT2D eigenvalue weighted by Crippen LogP contribution is -2.50. The van der Waals surface area contributed by atoms with Crippen molar-refractivity contribution in [3.8, 4) is 0 Å². The highest BCUT2D eigenvalue weighted by Crippen LogP contribution is 2.35. The molecule has 4 heterocycles. The van der Waals surface area contributed by atoms with Crippen LogP contribution in [0, 0.1) is 5.82 Å². The SMILES string of the molecule is C[C@@H](Nc1nc(Cl)nc2c1CN(C(=O)N1C[C@H]3C[C@@H]1CN3C)C2)c1cccc(C(F)F)c1F. The van der Waals surface area contributed by atoms with E-state index in [4.69, 9.17) is 11.6 Å². The zero-order chi connectivity index (χ0) is 23.4. The maximum atomic E-state index is 14.6. The van der Waals surface area contributed by atoms with Crippen molar-refractivity contribution in [3.05, 3.63) is 51.7 Å². The third kappa shape index (κ3) is 3.89. The molecule has 176 valence electrons. The average Bonchev–Trinajstić information content (AvgIpc) is 3.46. The summed E-state index contributed by atoms with van der Waals surface area (Å²) in [6.45, 7) is 3.84. The van der Waals surface area contributed by atoms with Crippen LogP contribution in [0.5, 0.6) is 0 Å². The minimum atomic E-state index is -2.91. The molecule has 1 aromatic carbocycles. The Kier molecular flexibility index (Phi) is 5.60. The van der Waals surface area contributed by atoms with Crippen molar-refractivity contribution in [2.45, 2.75) is 51.0 Å². The molecule has 3 atom stereocenters. The molecule has 0 radical (unpaired) electrons. The van der Waals surface area contributed by atoms with Crippen LogP contribution in [0.25, 0.3) is 0 Å². The summed E-state index contributed by atoms with van der Waals surface area (Å²) in [7, 11) is 2.08. The number of halogens is 4. The first-order chi connectivity index (χ1) is 15.7. The highest BCUT2D eigenvalue weighted by molar-refractivity contribution is 6.28. The summed E-state index contributed by atoms with van der Waals surface area (Å²) in [5, 5.41) is 3.09. The number of urea groups is 1. The standard InChI is InChI=1S/C22H24ClF3N6O/c1-11(14-4-3-5-15(18(14)24)19(25)26)27-20-16-9-31(10-17(16)28-21(23)29-20)22(33)32-8-12-6-13(32)7-30(12)2/h3-5,11-13,19H,6-10H2,1-2H3,(H,27,28,29)/t11-,12-,13-/m1/s1. The molecule has 1 N–H and O–H groups in total. The van der Waals surface area contributed by atoms with E-state index in [0.717, 1.165) is 19.0 Å². The number of carbonyl (C=O) groups excluding carboxylic acids is 1. The van der Waals surface area contributed by atoms with Gasteiger partial charge in [-0.3, -0.25) is 4.90 Å². The Bertz CT molecular complexity index is 1100. The fraction of sp³-hybridized carbons (Fsp3) is 0.500. The second-order valence-corrected chi connectivity index (χ2v) is 9.30. The lowest BCUT2D eigenvalue weighted by molar-refractivity contribution is 0.119. The summed E-state index contributed by atoms with van der Waals surface area (Å²) in [5.74, 6) is -0.576. The van der Waals surface area contributed by atoms with Crippen LogP contribution in [-0.2, 0) is 13.1 Å². The fourth-order valence-electron chi connectivity index (χ4n) is 5.12. The summed E-state index contributed by atoms with van der Waals surface area (Å²) >= 11 is 6.12. The van der Waals surface area contributed by atoms with Gasteiger partial charge in [-0.05, 0) is 32.0 Å². The van der Waals surface area contributed by atoms with Gasteiger partial charge < -0.3 is 15.1 Å². The normalized spacial score (nSPS) is 22.9. The van der Waals surface area contributed by atoms with E-state index in [-0.39, 0.29) is 22.9 Å². The van der Waals surface area contributed by atoms with E-state index in [1.807, 2.05) is 4.90 Å². The number of piperazine rings is 1. The molecule has 11 heteroatoms. The van der Waals surface area contributed by atoms with Crippen LogP contribution in [0.3, 0.4) is 0 Å². The number of hydrogen-bond donors (Lipinski definition) is 1. The van der Waals surface area contributed by atoms with E-state index in [9.17, 15) is 18.0 Å². The molecule has 2 fully saturated rings. The van der Waals surface area contributed by atoms with Crippen LogP contribution in [0.1, 0.15) is 48.2 Å². The number of nitrogens with zero attached hydrogens (tertiary/aromatic N) is 5. The number of benzene rings is 1. The van der Waals surface area contributed by atoms with Crippen molar-refractivity contribution in [1.29, 1.82) is 0 Å². The zero-order valence-corrected chi connectivity index (χ0v) is 19.0. The first-order valence-electron chi connectivity index (χ1n) is 10.9. The Morgan fingerprint density at radius 3 is 2.61 bits per heavy atom. The van der Waals surface area contributed by atoms with E-state index in [0.29, 0.717) is 42.8 Å². The molecule has 7 nitrogen and oxygen atoms in total. The number of amides is 2. The fourth-order valence-corrected chi connectivity index (χ4v) is 5.30. The van der Waals surface area contributed by atoms with Crippen LogP contribution in [-0.4, -0.2) is 62.9 Å². The second kappa shape index (κ2) is 8.32. The molecule has 33 heavy (non-hydrogen) atoms. The molecule has 2 amide bonds. The molecule has 2 bridgehead atoms. The Hall–Kier alpha value is -2.59. The van der Waals surface area contributed by atoms with Crippen molar-refractivity contribution in [1.82, 2.24) is 24.7 Å². The minimum Gasteiger partial charge on any atom is -0.363 e. The summed E-state index contributed by atoms with van der Waals surface area (Å²) in [6, 6.07) is 3.84.